The van der Waals surface area contributed by atoms with Crippen LogP contribution in [-0.4, -0.2) is 22.9 Å². The van der Waals surface area contributed by atoms with Crippen molar-refractivity contribution in [1.82, 2.24) is 4.98 Å². The number of hydrogen-bond acceptors (Lipinski definition) is 5. The Hall–Kier alpha value is -3.24. The van der Waals surface area contributed by atoms with Gasteiger partial charge in [-0.15, -0.1) is 0 Å². The van der Waals surface area contributed by atoms with E-state index in [4.69, 9.17) is 4.84 Å². The van der Waals surface area contributed by atoms with Gasteiger partial charge in [-0.2, -0.15) is 13.2 Å². The van der Waals surface area contributed by atoms with Gasteiger partial charge in [-0.1, -0.05) is 28.1 Å². The number of amides is 2. The van der Waals surface area contributed by atoms with E-state index in [1.54, 1.807) is 48.8 Å². The van der Waals surface area contributed by atoms with E-state index in [0.717, 1.165) is 21.5 Å². The maximum Gasteiger partial charge on any atom is 0.416 e. The van der Waals surface area contributed by atoms with Gasteiger partial charge in [0.1, 0.15) is 5.92 Å². The summed E-state index contributed by atoms with van der Waals surface area (Å²) in [6, 6.07) is 14.1. The number of alkyl halides is 3. The molecule has 3 aromatic rings. The van der Waals surface area contributed by atoms with Crippen molar-refractivity contribution in [3.8, 4) is 0 Å². The van der Waals surface area contributed by atoms with Gasteiger partial charge in [-0.25, -0.2) is 9.96 Å². The zero-order chi connectivity index (χ0) is 23.3. The molecule has 6 nitrogen and oxygen atoms in total. The maximum absolute atomic E-state index is 13.5. The molecule has 3 atom stereocenters. The van der Waals surface area contributed by atoms with Crippen molar-refractivity contribution in [1.29, 1.82) is 0 Å². The third-order valence-corrected chi connectivity index (χ3v) is 6.18. The maximum atomic E-state index is 13.5. The SMILES string of the molecule is O=C1[C@H]2[C@H](ON(c3ccc(Br)cc3)[C@H]2c2cccnc2)C(=O)N1c1cccc(C(F)(F)F)c1. The Kier molecular flexibility index (Phi) is 5.21. The van der Waals surface area contributed by atoms with Crippen LogP contribution in [0.2, 0.25) is 0 Å². The minimum absolute atomic E-state index is 0.141. The van der Waals surface area contributed by atoms with Gasteiger partial charge in [0.05, 0.1) is 23.0 Å². The van der Waals surface area contributed by atoms with Crippen LogP contribution in [0.25, 0.3) is 0 Å². The van der Waals surface area contributed by atoms with Crippen molar-refractivity contribution >= 4 is 39.1 Å². The molecular weight excluding hydrogens is 503 g/mol. The largest absolute Gasteiger partial charge is 0.416 e. The first kappa shape index (κ1) is 21.6. The number of rotatable bonds is 3. The van der Waals surface area contributed by atoms with E-state index in [0.29, 0.717) is 11.3 Å². The van der Waals surface area contributed by atoms with Crippen molar-refractivity contribution in [2.75, 3.05) is 9.96 Å². The van der Waals surface area contributed by atoms with Crippen molar-refractivity contribution in [2.45, 2.75) is 18.3 Å². The molecule has 2 aliphatic rings. The predicted molar refractivity (Wildman–Crippen MR) is 116 cm³/mol. The Labute approximate surface area is 194 Å². The van der Waals surface area contributed by atoms with E-state index in [2.05, 4.69) is 20.9 Å². The standard InChI is InChI=1S/C23H15BrF3N3O3/c24-15-6-8-16(9-7-15)30-19(13-3-2-10-28-12-13)18-20(33-30)22(32)29(21(18)31)17-5-1-4-14(11-17)23(25,26)27/h1-12,18-20H/t18-,19+,20+/m1/s1. The molecule has 0 unspecified atom stereocenters. The molecule has 2 amide bonds. The summed E-state index contributed by atoms with van der Waals surface area (Å²) in [5.74, 6) is -2.30. The monoisotopic (exact) mass is 517 g/mol. The number of pyridine rings is 1. The fourth-order valence-corrected chi connectivity index (χ4v) is 4.46. The third kappa shape index (κ3) is 3.68. The molecule has 3 heterocycles. The smallest absolute Gasteiger partial charge is 0.273 e. The minimum atomic E-state index is -4.61. The lowest BCUT2D eigenvalue weighted by Crippen LogP contribution is -2.37. The van der Waals surface area contributed by atoms with Crippen LogP contribution >= 0.6 is 15.9 Å². The zero-order valence-electron chi connectivity index (χ0n) is 16.7. The Balaban J connectivity index is 1.56. The van der Waals surface area contributed by atoms with Crippen LogP contribution in [0.15, 0.2) is 77.5 Å². The molecule has 0 bridgehead atoms. The average Bonchev–Trinajstić information content (AvgIpc) is 3.30. The van der Waals surface area contributed by atoms with E-state index in [-0.39, 0.29) is 5.69 Å². The number of imide groups is 1. The second-order valence-electron chi connectivity index (χ2n) is 7.65. The number of aromatic nitrogens is 1. The molecule has 10 heteroatoms. The molecule has 0 spiro atoms. The highest BCUT2D eigenvalue weighted by molar-refractivity contribution is 9.10. The van der Waals surface area contributed by atoms with Gasteiger partial charge < -0.3 is 0 Å². The van der Waals surface area contributed by atoms with Gasteiger partial charge in [0, 0.05) is 16.9 Å². The quantitative estimate of drug-likeness (QED) is 0.461. The average molecular weight is 518 g/mol. The van der Waals surface area contributed by atoms with Gasteiger partial charge in [-0.3, -0.25) is 19.4 Å². The summed E-state index contributed by atoms with van der Waals surface area (Å²) in [5, 5.41) is 1.50. The first-order valence-electron chi connectivity index (χ1n) is 9.92. The Bertz CT molecular complexity index is 1220. The first-order chi connectivity index (χ1) is 15.8. The van der Waals surface area contributed by atoms with Gasteiger partial charge in [-0.05, 0) is 54.1 Å². The Morgan fingerprint density at radius 3 is 2.36 bits per heavy atom. The summed E-state index contributed by atoms with van der Waals surface area (Å²) < 4.78 is 40.4. The predicted octanol–water partition coefficient (Wildman–Crippen LogP) is 4.91. The van der Waals surface area contributed by atoms with Crippen LogP contribution in [-0.2, 0) is 20.6 Å². The van der Waals surface area contributed by atoms with E-state index in [1.807, 2.05) is 0 Å². The van der Waals surface area contributed by atoms with Crippen molar-refractivity contribution < 1.29 is 27.6 Å². The lowest BCUT2D eigenvalue weighted by atomic mass is 9.91. The highest BCUT2D eigenvalue weighted by Crippen LogP contribution is 2.47. The fraction of sp³-hybridized carbons (Fsp3) is 0.174. The second-order valence-corrected chi connectivity index (χ2v) is 8.56. The summed E-state index contributed by atoms with van der Waals surface area (Å²) in [6.07, 6.45) is -2.63. The summed E-state index contributed by atoms with van der Waals surface area (Å²) in [4.78, 5) is 37.6. The van der Waals surface area contributed by atoms with Gasteiger partial charge in [0.25, 0.3) is 5.91 Å². The van der Waals surface area contributed by atoms with E-state index >= 15 is 0 Å². The molecule has 168 valence electrons. The van der Waals surface area contributed by atoms with E-state index < -0.39 is 41.6 Å². The summed E-state index contributed by atoms with van der Waals surface area (Å²) >= 11 is 3.37. The van der Waals surface area contributed by atoms with Crippen molar-refractivity contribution in [2.24, 2.45) is 5.92 Å². The number of hydrogen-bond donors (Lipinski definition) is 0. The summed E-state index contributed by atoms with van der Waals surface area (Å²) in [6.45, 7) is 0. The minimum Gasteiger partial charge on any atom is -0.273 e. The highest BCUT2D eigenvalue weighted by atomic mass is 79.9. The number of fused-ring (bicyclic) bond motifs is 1. The van der Waals surface area contributed by atoms with Crippen LogP contribution in [0.1, 0.15) is 17.2 Å². The Morgan fingerprint density at radius 1 is 0.939 bits per heavy atom. The number of hydroxylamine groups is 1. The van der Waals surface area contributed by atoms with Crippen LogP contribution < -0.4 is 9.96 Å². The number of nitrogens with zero attached hydrogens (tertiary/aromatic N) is 3. The van der Waals surface area contributed by atoms with Crippen molar-refractivity contribution in [3.05, 3.63) is 88.7 Å². The summed E-state index contributed by atoms with van der Waals surface area (Å²) in [7, 11) is 0. The number of carbonyl (C=O) groups is 2. The molecule has 2 fully saturated rings. The molecule has 5 rings (SSSR count). The van der Waals surface area contributed by atoms with Crippen LogP contribution in [0.4, 0.5) is 24.5 Å². The molecule has 2 saturated heterocycles. The lowest BCUT2D eigenvalue weighted by molar-refractivity contribution is -0.137. The second kappa shape index (κ2) is 7.96. The topological polar surface area (TPSA) is 62.7 Å². The molecule has 0 aliphatic carbocycles. The zero-order valence-corrected chi connectivity index (χ0v) is 18.3. The van der Waals surface area contributed by atoms with Gasteiger partial charge >= 0.3 is 6.18 Å². The van der Waals surface area contributed by atoms with Crippen molar-refractivity contribution in [3.63, 3.8) is 0 Å². The molecule has 0 saturated carbocycles. The molecule has 2 aromatic carbocycles. The van der Waals surface area contributed by atoms with E-state index in [1.165, 1.54) is 17.2 Å². The van der Waals surface area contributed by atoms with Crippen LogP contribution in [0.3, 0.4) is 0 Å². The highest BCUT2D eigenvalue weighted by Gasteiger charge is 2.60. The first-order valence-corrected chi connectivity index (χ1v) is 10.7. The molecule has 0 radical (unpaired) electrons. The fourth-order valence-electron chi connectivity index (χ4n) is 4.19. The molecule has 2 aliphatic heterocycles. The molecular formula is C23H15BrF3N3O3. The number of carbonyl (C=O) groups excluding carboxylic acids is 2. The number of halogens is 4. The lowest BCUT2D eigenvalue weighted by Gasteiger charge is -2.28. The van der Waals surface area contributed by atoms with Gasteiger partial charge in [0.2, 0.25) is 5.91 Å². The molecule has 0 N–H and O–H groups in total. The molecule has 1 aromatic heterocycles. The number of benzene rings is 2. The summed E-state index contributed by atoms with van der Waals surface area (Å²) in [5.41, 5.74) is 0.171. The molecule has 33 heavy (non-hydrogen) atoms. The van der Waals surface area contributed by atoms with Gasteiger partial charge in [0.15, 0.2) is 6.10 Å². The number of anilines is 2. The normalized spacial score (nSPS) is 22.7. The van der Waals surface area contributed by atoms with Crippen LogP contribution in [0.5, 0.6) is 0 Å². The van der Waals surface area contributed by atoms with E-state index in [9.17, 15) is 22.8 Å². The van der Waals surface area contributed by atoms with Crippen LogP contribution in [0, 0.1) is 5.92 Å². The Morgan fingerprint density at radius 2 is 1.70 bits per heavy atom. The third-order valence-electron chi connectivity index (χ3n) is 5.65.